The quantitative estimate of drug-likeness (QED) is 0.644. The first kappa shape index (κ1) is 20.5. The van der Waals surface area contributed by atoms with Crippen molar-refractivity contribution in [3.8, 4) is 5.69 Å². The van der Waals surface area contributed by atoms with E-state index in [1.54, 1.807) is 36.4 Å². The fourth-order valence-electron chi connectivity index (χ4n) is 3.38. The Hall–Kier alpha value is -2.82. The maximum Gasteiger partial charge on any atom is 0.243 e. The molecule has 0 unspecified atom stereocenters. The SMILES string of the molecule is O=C(Nc1cccc(Cl)c1)[C@H]1CCCN(S(=O)(=O)c2ccc(-n3cnnn3)cc2)C1. The van der Waals surface area contributed by atoms with Crippen molar-refractivity contribution in [2.45, 2.75) is 17.7 Å². The average Bonchev–Trinajstić information content (AvgIpc) is 3.29. The molecule has 0 saturated carbocycles. The number of aromatic nitrogens is 4. The summed E-state index contributed by atoms with van der Waals surface area (Å²) in [7, 11) is -3.72. The maximum atomic E-state index is 13.1. The van der Waals surface area contributed by atoms with E-state index in [1.807, 2.05) is 0 Å². The molecule has 11 heteroatoms. The summed E-state index contributed by atoms with van der Waals surface area (Å²) in [5, 5.41) is 14.2. The highest BCUT2D eigenvalue weighted by Gasteiger charge is 2.33. The zero-order valence-electron chi connectivity index (χ0n) is 15.8. The van der Waals surface area contributed by atoms with Crippen molar-refractivity contribution < 1.29 is 13.2 Å². The zero-order valence-corrected chi connectivity index (χ0v) is 17.4. The number of piperidine rings is 1. The molecule has 4 rings (SSSR count). The van der Waals surface area contributed by atoms with Gasteiger partial charge in [0.15, 0.2) is 0 Å². The number of sulfonamides is 1. The third-order valence-electron chi connectivity index (χ3n) is 4.94. The summed E-state index contributed by atoms with van der Waals surface area (Å²) in [6.45, 7) is 0.501. The van der Waals surface area contributed by atoms with Gasteiger partial charge in [-0.25, -0.2) is 13.1 Å². The number of benzene rings is 2. The number of carbonyl (C=O) groups is 1. The Balaban J connectivity index is 1.47. The van der Waals surface area contributed by atoms with Crippen LogP contribution in [0.3, 0.4) is 0 Å². The Labute approximate surface area is 178 Å². The molecule has 0 bridgehead atoms. The van der Waals surface area contributed by atoms with Crippen molar-refractivity contribution in [1.29, 1.82) is 0 Å². The lowest BCUT2D eigenvalue weighted by atomic mass is 9.99. The molecule has 30 heavy (non-hydrogen) atoms. The number of hydrogen-bond acceptors (Lipinski definition) is 6. The highest BCUT2D eigenvalue weighted by atomic mass is 35.5. The molecule has 1 saturated heterocycles. The lowest BCUT2D eigenvalue weighted by Gasteiger charge is -2.31. The van der Waals surface area contributed by atoms with Gasteiger partial charge in [-0.3, -0.25) is 4.79 Å². The van der Waals surface area contributed by atoms with E-state index >= 15 is 0 Å². The molecular weight excluding hydrogens is 428 g/mol. The summed E-state index contributed by atoms with van der Waals surface area (Å²) in [6.07, 6.45) is 2.66. The van der Waals surface area contributed by atoms with Crippen LogP contribution in [-0.2, 0) is 14.8 Å². The summed E-state index contributed by atoms with van der Waals surface area (Å²) in [6, 6.07) is 13.2. The van der Waals surface area contributed by atoms with Crippen LogP contribution in [0.4, 0.5) is 5.69 Å². The molecule has 0 spiro atoms. The van der Waals surface area contributed by atoms with Crippen LogP contribution in [0.2, 0.25) is 5.02 Å². The van der Waals surface area contributed by atoms with Crippen molar-refractivity contribution >= 4 is 33.2 Å². The van der Waals surface area contributed by atoms with Crippen LogP contribution in [0.25, 0.3) is 5.69 Å². The maximum absolute atomic E-state index is 13.1. The molecule has 2 aromatic carbocycles. The van der Waals surface area contributed by atoms with Gasteiger partial charge >= 0.3 is 0 Å². The van der Waals surface area contributed by atoms with Gasteiger partial charge < -0.3 is 5.32 Å². The Kier molecular flexibility index (Phi) is 5.80. The van der Waals surface area contributed by atoms with Crippen LogP contribution in [0.15, 0.2) is 59.8 Å². The molecule has 0 aliphatic carbocycles. The number of rotatable bonds is 5. The molecule has 1 N–H and O–H groups in total. The number of nitrogens with one attached hydrogen (secondary N) is 1. The molecule has 1 atom stereocenters. The molecule has 156 valence electrons. The summed E-state index contributed by atoms with van der Waals surface area (Å²) < 4.78 is 29.0. The summed E-state index contributed by atoms with van der Waals surface area (Å²) >= 11 is 5.96. The van der Waals surface area contributed by atoms with Gasteiger partial charge in [-0.15, -0.1) is 5.10 Å². The minimum Gasteiger partial charge on any atom is -0.326 e. The first-order valence-electron chi connectivity index (χ1n) is 9.33. The minimum absolute atomic E-state index is 0.128. The first-order chi connectivity index (χ1) is 14.4. The summed E-state index contributed by atoms with van der Waals surface area (Å²) in [5.74, 6) is -0.654. The van der Waals surface area contributed by atoms with E-state index in [0.717, 1.165) is 0 Å². The summed E-state index contributed by atoms with van der Waals surface area (Å²) in [4.78, 5) is 12.8. The van der Waals surface area contributed by atoms with Gasteiger partial charge in [-0.05, 0) is 65.7 Å². The van der Waals surface area contributed by atoms with Gasteiger partial charge in [-0.2, -0.15) is 4.31 Å². The second-order valence-corrected chi connectivity index (χ2v) is 9.32. The third-order valence-corrected chi connectivity index (χ3v) is 7.05. The van der Waals surface area contributed by atoms with E-state index in [9.17, 15) is 13.2 Å². The molecule has 2 heterocycles. The van der Waals surface area contributed by atoms with Crippen molar-refractivity contribution in [1.82, 2.24) is 24.5 Å². The zero-order chi connectivity index (χ0) is 21.1. The predicted octanol–water partition coefficient (Wildman–Crippen LogP) is 2.36. The second kappa shape index (κ2) is 8.50. The molecule has 1 aromatic heterocycles. The molecule has 1 aliphatic heterocycles. The van der Waals surface area contributed by atoms with Crippen molar-refractivity contribution in [3.63, 3.8) is 0 Å². The van der Waals surface area contributed by atoms with Crippen molar-refractivity contribution in [3.05, 3.63) is 59.9 Å². The van der Waals surface area contributed by atoms with Crippen LogP contribution >= 0.6 is 11.6 Å². The van der Waals surface area contributed by atoms with Crippen LogP contribution < -0.4 is 5.32 Å². The number of carbonyl (C=O) groups excluding carboxylic acids is 1. The highest BCUT2D eigenvalue weighted by molar-refractivity contribution is 7.89. The highest BCUT2D eigenvalue weighted by Crippen LogP contribution is 2.26. The van der Waals surface area contributed by atoms with Crippen LogP contribution in [0.5, 0.6) is 0 Å². The van der Waals surface area contributed by atoms with E-state index in [0.29, 0.717) is 35.8 Å². The van der Waals surface area contributed by atoms with Crippen molar-refractivity contribution in [2.24, 2.45) is 5.92 Å². The van der Waals surface area contributed by atoms with Crippen LogP contribution in [-0.4, -0.2) is 51.9 Å². The topological polar surface area (TPSA) is 110 Å². The van der Waals surface area contributed by atoms with Gasteiger partial charge in [-0.1, -0.05) is 17.7 Å². The minimum atomic E-state index is -3.72. The Morgan fingerprint density at radius 1 is 1.17 bits per heavy atom. The molecular formula is C19H19ClN6O3S. The standard InChI is InChI=1S/C19H19ClN6O3S/c20-15-4-1-5-16(11-15)22-19(27)14-3-2-10-25(12-14)30(28,29)18-8-6-17(7-9-18)26-13-21-23-24-26/h1,4-9,11,13-14H,2-3,10,12H2,(H,22,27)/t14-/m0/s1. The second-order valence-electron chi connectivity index (χ2n) is 6.95. The lowest BCUT2D eigenvalue weighted by molar-refractivity contribution is -0.120. The number of tetrazole rings is 1. The molecule has 9 nitrogen and oxygen atoms in total. The van der Waals surface area contributed by atoms with E-state index in [1.165, 1.54) is 27.4 Å². The molecule has 3 aromatic rings. The molecule has 0 radical (unpaired) electrons. The van der Waals surface area contributed by atoms with Gasteiger partial charge in [0.05, 0.1) is 16.5 Å². The fraction of sp³-hybridized carbons (Fsp3) is 0.263. The molecule has 1 fully saturated rings. The average molecular weight is 447 g/mol. The monoisotopic (exact) mass is 446 g/mol. The number of halogens is 1. The number of amides is 1. The number of hydrogen-bond donors (Lipinski definition) is 1. The Morgan fingerprint density at radius 3 is 2.67 bits per heavy atom. The number of nitrogens with zero attached hydrogens (tertiary/aromatic N) is 5. The van der Waals surface area contributed by atoms with Crippen LogP contribution in [0, 0.1) is 5.92 Å². The van der Waals surface area contributed by atoms with E-state index in [2.05, 4.69) is 20.8 Å². The Morgan fingerprint density at radius 2 is 1.97 bits per heavy atom. The fourth-order valence-corrected chi connectivity index (χ4v) is 5.10. The lowest BCUT2D eigenvalue weighted by Crippen LogP contribution is -2.43. The van der Waals surface area contributed by atoms with Crippen LogP contribution in [0.1, 0.15) is 12.8 Å². The molecule has 1 amide bonds. The van der Waals surface area contributed by atoms with E-state index in [4.69, 9.17) is 11.6 Å². The third kappa shape index (κ3) is 4.35. The first-order valence-corrected chi connectivity index (χ1v) is 11.2. The largest absolute Gasteiger partial charge is 0.326 e. The van der Waals surface area contributed by atoms with Gasteiger partial charge in [0, 0.05) is 23.8 Å². The van der Waals surface area contributed by atoms with E-state index < -0.39 is 15.9 Å². The van der Waals surface area contributed by atoms with Gasteiger partial charge in [0.25, 0.3) is 0 Å². The smallest absolute Gasteiger partial charge is 0.243 e. The van der Waals surface area contributed by atoms with E-state index in [-0.39, 0.29) is 17.3 Å². The van der Waals surface area contributed by atoms with Crippen molar-refractivity contribution in [2.75, 3.05) is 18.4 Å². The predicted molar refractivity (Wildman–Crippen MR) is 111 cm³/mol. The summed E-state index contributed by atoms with van der Waals surface area (Å²) in [5.41, 5.74) is 1.24. The van der Waals surface area contributed by atoms with Gasteiger partial charge in [0.1, 0.15) is 6.33 Å². The van der Waals surface area contributed by atoms with Gasteiger partial charge in [0.2, 0.25) is 15.9 Å². The molecule has 1 aliphatic rings. The Bertz CT molecular complexity index is 1140. The normalized spacial score (nSPS) is 17.6. The number of anilines is 1.